The highest BCUT2D eigenvalue weighted by atomic mass is 19.1. The van der Waals surface area contributed by atoms with Gasteiger partial charge in [0.05, 0.1) is 5.56 Å². The van der Waals surface area contributed by atoms with Crippen molar-refractivity contribution in [1.82, 2.24) is 10.3 Å². The fourth-order valence-corrected chi connectivity index (χ4v) is 1.66. The Kier molecular flexibility index (Phi) is 3.54. The van der Waals surface area contributed by atoms with Gasteiger partial charge in [-0.1, -0.05) is 13.0 Å². The maximum absolute atomic E-state index is 13.8. The van der Waals surface area contributed by atoms with Crippen LogP contribution in [0.4, 0.5) is 4.39 Å². The van der Waals surface area contributed by atoms with Gasteiger partial charge in [-0.15, -0.1) is 0 Å². The summed E-state index contributed by atoms with van der Waals surface area (Å²) in [4.78, 5) is 4.10. The Bertz CT molecular complexity index is 508. The quantitative estimate of drug-likeness (QED) is 0.884. The number of hydrogen-bond donors (Lipinski definition) is 1. The van der Waals surface area contributed by atoms with Crippen molar-refractivity contribution in [2.75, 3.05) is 6.54 Å². The van der Waals surface area contributed by atoms with E-state index in [1.165, 1.54) is 12.5 Å². The molecule has 0 unspecified atom stereocenters. The first-order valence-electron chi connectivity index (χ1n) is 5.62. The van der Waals surface area contributed by atoms with E-state index in [9.17, 15) is 4.39 Å². The van der Waals surface area contributed by atoms with Gasteiger partial charge < -0.3 is 9.73 Å². The summed E-state index contributed by atoms with van der Waals surface area (Å²) < 4.78 is 19.1. The number of oxazole rings is 1. The highest BCUT2D eigenvalue weighted by Crippen LogP contribution is 2.26. The Labute approximate surface area is 99.7 Å². The van der Waals surface area contributed by atoms with E-state index in [1.54, 1.807) is 6.07 Å². The maximum Gasteiger partial charge on any atom is 0.181 e. The molecule has 1 aromatic heterocycles. The second kappa shape index (κ2) is 5.10. The molecule has 4 heteroatoms. The Hall–Kier alpha value is -1.68. The summed E-state index contributed by atoms with van der Waals surface area (Å²) in [6.07, 6.45) is 1.35. The van der Waals surface area contributed by atoms with Crippen molar-refractivity contribution in [2.24, 2.45) is 0 Å². The molecule has 1 aromatic carbocycles. The molecule has 0 saturated carbocycles. The number of nitrogens with zero attached hydrogens (tertiary/aromatic N) is 1. The molecule has 0 aliphatic heterocycles. The number of benzene rings is 1. The fourth-order valence-electron chi connectivity index (χ4n) is 1.66. The second-order valence-electron chi connectivity index (χ2n) is 3.89. The summed E-state index contributed by atoms with van der Waals surface area (Å²) in [5.41, 5.74) is 2.08. The number of rotatable bonds is 4. The Morgan fingerprint density at radius 2 is 2.24 bits per heavy atom. The molecule has 1 heterocycles. The number of aryl methyl sites for hydroxylation is 1. The van der Waals surface area contributed by atoms with Gasteiger partial charge in [0.25, 0.3) is 0 Å². The molecule has 1 N–H and O–H groups in total. The molecular weight excluding hydrogens is 219 g/mol. The largest absolute Gasteiger partial charge is 0.443 e. The minimum atomic E-state index is -0.278. The van der Waals surface area contributed by atoms with Crippen LogP contribution >= 0.6 is 0 Å². The second-order valence-corrected chi connectivity index (χ2v) is 3.89. The van der Waals surface area contributed by atoms with Crippen molar-refractivity contribution in [3.63, 3.8) is 0 Å². The van der Waals surface area contributed by atoms with Gasteiger partial charge in [-0.05, 0) is 31.2 Å². The first-order chi connectivity index (χ1) is 8.22. The molecule has 2 aromatic rings. The summed E-state index contributed by atoms with van der Waals surface area (Å²) in [6, 6.07) is 5.08. The number of hydrogen-bond acceptors (Lipinski definition) is 3. The normalized spacial score (nSPS) is 10.8. The lowest BCUT2D eigenvalue weighted by Crippen LogP contribution is -2.12. The van der Waals surface area contributed by atoms with E-state index < -0.39 is 0 Å². The molecule has 0 aliphatic carbocycles. The Morgan fingerprint density at radius 3 is 2.94 bits per heavy atom. The van der Waals surface area contributed by atoms with Crippen molar-refractivity contribution in [1.29, 1.82) is 0 Å². The lowest BCUT2D eigenvalue weighted by atomic mass is 10.1. The zero-order valence-electron chi connectivity index (χ0n) is 9.96. The van der Waals surface area contributed by atoms with Crippen LogP contribution in [-0.4, -0.2) is 11.5 Å². The zero-order valence-corrected chi connectivity index (χ0v) is 9.96. The van der Waals surface area contributed by atoms with Crippen molar-refractivity contribution in [3.8, 4) is 11.3 Å². The van der Waals surface area contributed by atoms with Crippen LogP contribution < -0.4 is 5.32 Å². The van der Waals surface area contributed by atoms with E-state index >= 15 is 0 Å². The van der Waals surface area contributed by atoms with Gasteiger partial charge in [0, 0.05) is 6.54 Å². The van der Waals surface area contributed by atoms with Gasteiger partial charge in [0.15, 0.2) is 12.2 Å². The van der Waals surface area contributed by atoms with Crippen molar-refractivity contribution in [2.45, 2.75) is 20.4 Å². The van der Waals surface area contributed by atoms with Crippen LogP contribution in [0.3, 0.4) is 0 Å². The van der Waals surface area contributed by atoms with Crippen LogP contribution in [0.1, 0.15) is 18.2 Å². The molecule has 0 saturated heterocycles. The molecule has 0 fully saturated rings. The van der Waals surface area contributed by atoms with Gasteiger partial charge in [-0.25, -0.2) is 9.37 Å². The van der Waals surface area contributed by atoms with Crippen molar-refractivity contribution >= 4 is 0 Å². The van der Waals surface area contributed by atoms with Crippen LogP contribution in [0, 0.1) is 12.7 Å². The molecule has 2 rings (SSSR count). The third-order valence-electron chi connectivity index (χ3n) is 2.55. The first kappa shape index (κ1) is 11.8. The average Bonchev–Trinajstić information content (AvgIpc) is 2.74. The topological polar surface area (TPSA) is 38.1 Å². The van der Waals surface area contributed by atoms with Gasteiger partial charge in [0.1, 0.15) is 11.5 Å². The average molecular weight is 234 g/mol. The van der Waals surface area contributed by atoms with Crippen LogP contribution in [-0.2, 0) is 6.54 Å². The standard InChI is InChI=1S/C13H15FN2O/c1-3-15-7-12-13(17-8-16-12)10-5-4-9(2)6-11(10)14/h4-6,8,15H,3,7H2,1-2H3. The van der Waals surface area contributed by atoms with E-state index in [-0.39, 0.29) is 5.82 Å². The van der Waals surface area contributed by atoms with E-state index in [0.717, 1.165) is 17.8 Å². The molecule has 0 bridgehead atoms. The van der Waals surface area contributed by atoms with Gasteiger partial charge in [0.2, 0.25) is 0 Å². The molecule has 0 atom stereocenters. The predicted octanol–water partition coefficient (Wildman–Crippen LogP) is 2.90. The summed E-state index contributed by atoms with van der Waals surface area (Å²) in [5.74, 6) is 0.225. The third kappa shape index (κ3) is 2.53. The van der Waals surface area contributed by atoms with Gasteiger partial charge in [-0.2, -0.15) is 0 Å². The van der Waals surface area contributed by atoms with Crippen LogP contribution in [0.25, 0.3) is 11.3 Å². The molecule has 0 radical (unpaired) electrons. The minimum Gasteiger partial charge on any atom is -0.443 e. The highest BCUT2D eigenvalue weighted by Gasteiger charge is 2.14. The number of nitrogens with one attached hydrogen (secondary N) is 1. The number of aromatic nitrogens is 1. The molecule has 0 amide bonds. The van der Waals surface area contributed by atoms with Crippen LogP contribution in [0.2, 0.25) is 0 Å². The fraction of sp³-hybridized carbons (Fsp3) is 0.308. The summed E-state index contributed by atoms with van der Waals surface area (Å²) in [5, 5.41) is 3.15. The molecular formula is C13H15FN2O. The molecule has 3 nitrogen and oxygen atoms in total. The summed E-state index contributed by atoms with van der Waals surface area (Å²) in [6.45, 7) is 5.28. The lowest BCUT2D eigenvalue weighted by Gasteiger charge is -2.04. The van der Waals surface area contributed by atoms with Crippen LogP contribution in [0.15, 0.2) is 29.0 Å². The first-order valence-corrected chi connectivity index (χ1v) is 5.62. The van der Waals surface area contributed by atoms with Crippen LogP contribution in [0.5, 0.6) is 0 Å². The smallest absolute Gasteiger partial charge is 0.181 e. The predicted molar refractivity (Wildman–Crippen MR) is 64.0 cm³/mol. The van der Waals surface area contributed by atoms with Crippen molar-refractivity contribution < 1.29 is 8.81 Å². The van der Waals surface area contributed by atoms with Crippen molar-refractivity contribution in [3.05, 3.63) is 41.7 Å². The zero-order chi connectivity index (χ0) is 12.3. The Morgan fingerprint density at radius 1 is 1.41 bits per heavy atom. The molecule has 0 aliphatic rings. The lowest BCUT2D eigenvalue weighted by molar-refractivity contribution is 0.559. The maximum atomic E-state index is 13.8. The van der Waals surface area contributed by atoms with Gasteiger partial charge in [-0.3, -0.25) is 0 Å². The SMILES string of the molecule is CCNCc1ncoc1-c1ccc(C)cc1F. The Balaban J connectivity index is 2.35. The number of halogens is 1. The molecule has 90 valence electrons. The van der Waals surface area contributed by atoms with E-state index in [0.29, 0.717) is 17.9 Å². The summed E-state index contributed by atoms with van der Waals surface area (Å²) >= 11 is 0. The van der Waals surface area contributed by atoms with E-state index in [1.807, 2.05) is 19.9 Å². The van der Waals surface area contributed by atoms with E-state index in [4.69, 9.17) is 4.42 Å². The molecule has 0 spiro atoms. The van der Waals surface area contributed by atoms with E-state index in [2.05, 4.69) is 10.3 Å². The van der Waals surface area contributed by atoms with Gasteiger partial charge >= 0.3 is 0 Å². The molecule has 17 heavy (non-hydrogen) atoms. The minimum absolute atomic E-state index is 0.278. The monoisotopic (exact) mass is 234 g/mol. The third-order valence-corrected chi connectivity index (χ3v) is 2.55. The summed E-state index contributed by atoms with van der Waals surface area (Å²) in [7, 11) is 0. The highest BCUT2D eigenvalue weighted by molar-refractivity contribution is 5.60.